The van der Waals surface area contributed by atoms with Gasteiger partial charge in [0.15, 0.2) is 5.56 Å². The molecule has 0 spiro atoms. The second kappa shape index (κ2) is 4.92. The Hall–Kier alpha value is -1.64. The number of esters is 1. The molecular weight excluding hydrogens is 351 g/mol. The third-order valence-electron chi connectivity index (χ3n) is 2.44. The lowest BCUT2D eigenvalue weighted by Gasteiger charge is -2.06. The van der Waals surface area contributed by atoms with Gasteiger partial charge in [-0.3, -0.25) is 4.79 Å². The average Bonchev–Trinajstić information content (AvgIpc) is 2.38. The summed E-state index contributed by atoms with van der Waals surface area (Å²) in [7, 11) is 1.14. The lowest BCUT2D eigenvalue weighted by atomic mass is 10.1. The summed E-state index contributed by atoms with van der Waals surface area (Å²) in [6, 6.07) is 1.67. The monoisotopic (exact) mass is 360 g/mol. The molecule has 0 fully saturated rings. The SMILES string of the molecule is COC(=O)c1c(O)c2cc(CI)cnc2[nH]c1=O. The summed E-state index contributed by atoms with van der Waals surface area (Å²) in [5, 5.41) is 10.3. The molecule has 0 unspecified atom stereocenters. The van der Waals surface area contributed by atoms with Crippen molar-refractivity contribution in [3.63, 3.8) is 0 Å². The summed E-state index contributed by atoms with van der Waals surface area (Å²) in [5.41, 5.74) is -0.0148. The van der Waals surface area contributed by atoms with Gasteiger partial charge in [-0.05, 0) is 11.6 Å². The Morgan fingerprint density at radius 1 is 1.61 bits per heavy atom. The van der Waals surface area contributed by atoms with E-state index < -0.39 is 22.8 Å². The maximum Gasteiger partial charge on any atom is 0.347 e. The van der Waals surface area contributed by atoms with Crippen molar-refractivity contribution in [1.29, 1.82) is 0 Å². The summed E-state index contributed by atoms with van der Waals surface area (Å²) in [6.45, 7) is 0. The van der Waals surface area contributed by atoms with Crippen LogP contribution >= 0.6 is 22.6 Å². The van der Waals surface area contributed by atoms with E-state index in [1.54, 1.807) is 12.3 Å². The van der Waals surface area contributed by atoms with E-state index in [2.05, 4.69) is 37.3 Å². The number of alkyl halides is 1. The molecule has 0 atom stereocenters. The molecule has 0 bridgehead atoms. The number of aromatic hydroxyl groups is 1. The zero-order valence-corrected chi connectivity index (χ0v) is 11.5. The molecule has 0 aliphatic carbocycles. The van der Waals surface area contributed by atoms with Gasteiger partial charge in [-0.1, -0.05) is 22.6 Å². The van der Waals surface area contributed by atoms with Crippen LogP contribution in [0.1, 0.15) is 15.9 Å². The van der Waals surface area contributed by atoms with Crippen molar-refractivity contribution in [3.05, 3.63) is 33.7 Å². The number of carbonyl (C=O) groups is 1. The fraction of sp³-hybridized carbons (Fsp3) is 0.182. The number of pyridine rings is 2. The number of nitrogens with zero attached hydrogens (tertiary/aromatic N) is 1. The number of methoxy groups -OCH3 is 1. The van der Waals surface area contributed by atoms with Crippen LogP contribution in [0.15, 0.2) is 17.1 Å². The molecule has 0 aliphatic rings. The largest absolute Gasteiger partial charge is 0.506 e. The first-order chi connectivity index (χ1) is 8.58. The number of hydrogen-bond acceptors (Lipinski definition) is 5. The van der Waals surface area contributed by atoms with Gasteiger partial charge in [0.1, 0.15) is 11.4 Å². The fourth-order valence-electron chi connectivity index (χ4n) is 1.56. The summed E-state index contributed by atoms with van der Waals surface area (Å²) >= 11 is 2.15. The van der Waals surface area contributed by atoms with E-state index >= 15 is 0 Å². The van der Waals surface area contributed by atoms with Crippen LogP contribution in [0.5, 0.6) is 5.75 Å². The molecule has 94 valence electrons. The molecule has 0 amide bonds. The van der Waals surface area contributed by atoms with Gasteiger partial charge < -0.3 is 14.8 Å². The lowest BCUT2D eigenvalue weighted by molar-refractivity contribution is 0.0595. The summed E-state index contributed by atoms with van der Waals surface area (Å²) in [5.74, 6) is -1.28. The quantitative estimate of drug-likeness (QED) is 0.479. The van der Waals surface area contributed by atoms with Gasteiger partial charge >= 0.3 is 5.97 Å². The minimum Gasteiger partial charge on any atom is -0.506 e. The van der Waals surface area contributed by atoms with Gasteiger partial charge in [0, 0.05) is 10.6 Å². The molecule has 0 aromatic carbocycles. The van der Waals surface area contributed by atoms with Gasteiger partial charge in [-0.2, -0.15) is 0 Å². The van der Waals surface area contributed by atoms with Crippen molar-refractivity contribution >= 4 is 39.6 Å². The number of rotatable bonds is 2. The maximum atomic E-state index is 11.7. The van der Waals surface area contributed by atoms with Gasteiger partial charge in [-0.25, -0.2) is 9.78 Å². The van der Waals surface area contributed by atoms with E-state index in [1.807, 2.05) is 0 Å². The Kier molecular flexibility index (Phi) is 3.50. The third kappa shape index (κ3) is 2.05. The molecule has 7 heteroatoms. The average molecular weight is 360 g/mol. The molecule has 2 N–H and O–H groups in total. The van der Waals surface area contributed by atoms with E-state index in [1.165, 1.54) is 0 Å². The van der Waals surface area contributed by atoms with Crippen molar-refractivity contribution in [1.82, 2.24) is 9.97 Å². The number of nitrogens with one attached hydrogen (secondary N) is 1. The Bertz CT molecular complexity index is 681. The first-order valence-corrected chi connectivity index (χ1v) is 6.49. The highest BCUT2D eigenvalue weighted by molar-refractivity contribution is 14.1. The van der Waals surface area contributed by atoms with Crippen molar-refractivity contribution in [2.45, 2.75) is 4.43 Å². The van der Waals surface area contributed by atoms with Crippen molar-refractivity contribution in [2.75, 3.05) is 7.11 Å². The Balaban J connectivity index is 2.82. The molecule has 0 radical (unpaired) electrons. The number of hydrogen-bond donors (Lipinski definition) is 2. The molecule has 2 aromatic heterocycles. The number of carbonyl (C=O) groups excluding carboxylic acids is 1. The van der Waals surface area contributed by atoms with Gasteiger partial charge in [0.25, 0.3) is 5.56 Å². The number of aromatic nitrogens is 2. The standard InChI is InChI=1S/C11H9IN2O4/c1-18-11(17)7-8(15)6-2-5(3-12)4-13-9(6)14-10(7)16/h2,4H,3H2,1H3,(H2,13,14,15,16). The third-order valence-corrected chi connectivity index (χ3v) is 3.32. The normalized spacial score (nSPS) is 10.6. The number of fused-ring (bicyclic) bond motifs is 1. The highest BCUT2D eigenvalue weighted by Crippen LogP contribution is 2.25. The van der Waals surface area contributed by atoms with Crippen molar-refractivity contribution < 1.29 is 14.6 Å². The summed E-state index contributed by atoms with van der Waals surface area (Å²) in [6.07, 6.45) is 1.60. The highest BCUT2D eigenvalue weighted by Gasteiger charge is 2.20. The number of H-pyrrole nitrogens is 1. The Labute approximate surface area is 115 Å². The van der Waals surface area contributed by atoms with Crippen LogP contribution in [-0.2, 0) is 9.16 Å². The van der Waals surface area contributed by atoms with Gasteiger partial charge in [0.2, 0.25) is 0 Å². The van der Waals surface area contributed by atoms with Crippen LogP contribution in [0.25, 0.3) is 11.0 Å². The molecule has 6 nitrogen and oxygen atoms in total. The van der Waals surface area contributed by atoms with E-state index in [0.717, 1.165) is 12.7 Å². The Morgan fingerprint density at radius 2 is 2.33 bits per heavy atom. The topological polar surface area (TPSA) is 92.3 Å². The van der Waals surface area contributed by atoms with Crippen molar-refractivity contribution in [3.8, 4) is 5.75 Å². The van der Waals surface area contributed by atoms with Crippen LogP contribution in [0.3, 0.4) is 0 Å². The van der Waals surface area contributed by atoms with E-state index in [9.17, 15) is 14.7 Å². The molecule has 0 saturated heterocycles. The smallest absolute Gasteiger partial charge is 0.347 e. The molecule has 2 rings (SSSR count). The fourth-order valence-corrected chi connectivity index (χ4v) is 1.98. The van der Waals surface area contributed by atoms with Crippen LogP contribution in [-0.4, -0.2) is 28.2 Å². The molecule has 2 aromatic rings. The maximum absolute atomic E-state index is 11.7. The second-order valence-electron chi connectivity index (χ2n) is 3.54. The first-order valence-electron chi connectivity index (χ1n) is 4.96. The lowest BCUT2D eigenvalue weighted by Crippen LogP contribution is -2.19. The number of aromatic amines is 1. The molecule has 18 heavy (non-hydrogen) atoms. The summed E-state index contributed by atoms with van der Waals surface area (Å²) < 4.78 is 5.16. The highest BCUT2D eigenvalue weighted by atomic mass is 127. The number of ether oxygens (including phenoxy) is 1. The molecular formula is C11H9IN2O4. The zero-order chi connectivity index (χ0) is 13.3. The predicted octanol–water partition coefficient (Wildman–Crippen LogP) is 1.35. The van der Waals surface area contributed by atoms with Crippen LogP contribution in [0.4, 0.5) is 0 Å². The van der Waals surface area contributed by atoms with E-state index in [4.69, 9.17) is 0 Å². The van der Waals surface area contributed by atoms with Crippen molar-refractivity contribution in [2.24, 2.45) is 0 Å². The van der Waals surface area contributed by atoms with E-state index in [-0.39, 0.29) is 5.65 Å². The molecule has 2 heterocycles. The first kappa shape index (κ1) is 12.8. The van der Waals surface area contributed by atoms with Gasteiger partial charge in [-0.15, -0.1) is 0 Å². The number of halogens is 1. The Morgan fingerprint density at radius 3 is 2.94 bits per heavy atom. The minimum atomic E-state index is -0.879. The van der Waals surface area contributed by atoms with Crippen LogP contribution in [0.2, 0.25) is 0 Å². The predicted molar refractivity (Wildman–Crippen MR) is 73.1 cm³/mol. The summed E-state index contributed by atoms with van der Waals surface area (Å²) in [4.78, 5) is 29.5. The molecule has 0 aliphatic heterocycles. The minimum absolute atomic E-state index is 0.235. The van der Waals surface area contributed by atoms with Crippen LogP contribution < -0.4 is 5.56 Å². The van der Waals surface area contributed by atoms with E-state index in [0.29, 0.717) is 9.81 Å². The van der Waals surface area contributed by atoms with Gasteiger partial charge in [0.05, 0.1) is 12.5 Å². The zero-order valence-electron chi connectivity index (χ0n) is 9.36. The van der Waals surface area contributed by atoms with Crippen LogP contribution in [0, 0.1) is 0 Å². The molecule has 0 saturated carbocycles. The second-order valence-corrected chi connectivity index (χ2v) is 4.31.